The molecule has 0 fully saturated rings. The minimum Gasteiger partial charge on any atom is -0.268 e. The topological polar surface area (TPSA) is 34.9 Å². The van der Waals surface area contributed by atoms with E-state index in [2.05, 4.69) is 5.10 Å². The van der Waals surface area contributed by atoms with E-state index in [4.69, 9.17) is 0 Å². The first-order chi connectivity index (χ1) is 4.61. The zero-order chi connectivity index (χ0) is 7.72. The van der Waals surface area contributed by atoms with Gasteiger partial charge in [-0.25, -0.2) is 4.68 Å². The van der Waals surface area contributed by atoms with Crippen molar-refractivity contribution in [2.75, 3.05) is 0 Å². The molecule has 0 amide bonds. The van der Waals surface area contributed by atoms with Crippen LogP contribution in [0.3, 0.4) is 0 Å². The van der Waals surface area contributed by atoms with E-state index in [1.807, 2.05) is 6.92 Å². The summed E-state index contributed by atoms with van der Waals surface area (Å²) < 4.78 is 1.35. The Bertz CT molecular complexity index is 275. The number of hydrogen-bond donors (Lipinski definition) is 0. The van der Waals surface area contributed by atoms with Gasteiger partial charge in [0.05, 0.1) is 5.69 Å². The summed E-state index contributed by atoms with van der Waals surface area (Å²) in [6.07, 6.45) is 0. The fraction of sp³-hybridized carbons (Fsp3) is 0.429. The van der Waals surface area contributed by atoms with Crippen molar-refractivity contribution in [1.29, 1.82) is 0 Å². The van der Waals surface area contributed by atoms with E-state index in [0.29, 0.717) is 0 Å². The molecule has 1 aromatic rings. The molecule has 1 rings (SSSR count). The molecule has 0 unspecified atom stereocenters. The Kier molecular flexibility index (Phi) is 1.57. The van der Waals surface area contributed by atoms with Gasteiger partial charge >= 0.3 is 0 Å². The Morgan fingerprint density at radius 2 is 2.10 bits per heavy atom. The van der Waals surface area contributed by atoms with E-state index in [1.54, 1.807) is 20.0 Å². The number of aromatic nitrogens is 2. The minimum absolute atomic E-state index is 0.0226. The first kappa shape index (κ1) is 6.99. The highest BCUT2D eigenvalue weighted by Gasteiger charge is 1.96. The predicted octanol–water partition coefficient (Wildman–Crippen LogP) is 0.397. The van der Waals surface area contributed by atoms with Gasteiger partial charge in [-0.2, -0.15) is 5.10 Å². The van der Waals surface area contributed by atoms with Crippen molar-refractivity contribution in [3.63, 3.8) is 0 Å². The molecule has 0 radical (unpaired) electrons. The summed E-state index contributed by atoms with van der Waals surface area (Å²) >= 11 is 0. The van der Waals surface area contributed by atoms with E-state index in [-0.39, 0.29) is 5.56 Å². The lowest BCUT2D eigenvalue weighted by atomic mass is 10.3. The van der Waals surface area contributed by atoms with E-state index in [0.717, 1.165) is 11.3 Å². The number of hydrogen-bond acceptors (Lipinski definition) is 2. The fourth-order valence-electron chi connectivity index (χ4n) is 0.941. The Balaban J connectivity index is 3.46. The molecule has 3 heteroatoms. The van der Waals surface area contributed by atoms with Crippen LogP contribution < -0.4 is 5.56 Å². The summed E-state index contributed by atoms with van der Waals surface area (Å²) in [5.41, 5.74) is 1.60. The molecule has 0 aliphatic rings. The molecule has 0 atom stereocenters. The van der Waals surface area contributed by atoms with Crippen molar-refractivity contribution in [2.24, 2.45) is 7.05 Å². The normalized spacial score (nSPS) is 9.90. The van der Waals surface area contributed by atoms with E-state index < -0.39 is 0 Å². The fourth-order valence-corrected chi connectivity index (χ4v) is 0.941. The van der Waals surface area contributed by atoms with Crippen LogP contribution in [0.4, 0.5) is 0 Å². The highest BCUT2D eigenvalue weighted by atomic mass is 16.1. The molecular formula is C7H10N2O. The quantitative estimate of drug-likeness (QED) is 0.520. The van der Waals surface area contributed by atoms with Crippen molar-refractivity contribution < 1.29 is 0 Å². The Hall–Kier alpha value is -1.12. The van der Waals surface area contributed by atoms with Crippen LogP contribution in [-0.4, -0.2) is 9.78 Å². The smallest absolute Gasteiger partial charge is 0.268 e. The highest BCUT2D eigenvalue weighted by molar-refractivity contribution is 5.09. The monoisotopic (exact) mass is 138 g/mol. The van der Waals surface area contributed by atoms with Crippen molar-refractivity contribution in [3.05, 3.63) is 27.7 Å². The van der Waals surface area contributed by atoms with Gasteiger partial charge in [-0.3, -0.25) is 4.79 Å². The maximum atomic E-state index is 11.0. The van der Waals surface area contributed by atoms with Crippen molar-refractivity contribution >= 4 is 0 Å². The maximum absolute atomic E-state index is 11.0. The van der Waals surface area contributed by atoms with Gasteiger partial charge in [-0.05, 0) is 19.9 Å². The number of rotatable bonds is 0. The van der Waals surface area contributed by atoms with Gasteiger partial charge in [0.2, 0.25) is 0 Å². The highest BCUT2D eigenvalue weighted by Crippen LogP contribution is 1.90. The van der Waals surface area contributed by atoms with Gasteiger partial charge in [0.15, 0.2) is 0 Å². The molecule has 0 saturated carbocycles. The van der Waals surface area contributed by atoms with Crippen LogP contribution in [0.25, 0.3) is 0 Å². The molecule has 0 spiro atoms. The van der Waals surface area contributed by atoms with Gasteiger partial charge in [0.25, 0.3) is 5.56 Å². The van der Waals surface area contributed by atoms with Crippen molar-refractivity contribution in [2.45, 2.75) is 13.8 Å². The zero-order valence-electron chi connectivity index (χ0n) is 6.38. The van der Waals surface area contributed by atoms with E-state index in [1.165, 1.54) is 4.68 Å². The molecule has 1 heterocycles. The number of aryl methyl sites for hydroxylation is 3. The van der Waals surface area contributed by atoms with Crippen LogP contribution in [0.1, 0.15) is 11.3 Å². The summed E-state index contributed by atoms with van der Waals surface area (Å²) in [6, 6.07) is 1.78. The number of nitrogens with zero attached hydrogens (tertiary/aromatic N) is 2. The third kappa shape index (κ3) is 1.07. The maximum Gasteiger partial charge on any atom is 0.269 e. The molecule has 0 bridgehead atoms. The first-order valence-corrected chi connectivity index (χ1v) is 3.13. The van der Waals surface area contributed by atoms with Crippen LogP contribution in [0.2, 0.25) is 0 Å². The van der Waals surface area contributed by atoms with Crippen LogP contribution in [0.15, 0.2) is 10.9 Å². The van der Waals surface area contributed by atoms with Crippen LogP contribution in [0.5, 0.6) is 0 Å². The van der Waals surface area contributed by atoms with Gasteiger partial charge < -0.3 is 0 Å². The summed E-state index contributed by atoms with van der Waals surface area (Å²) in [7, 11) is 1.66. The average molecular weight is 138 g/mol. The third-order valence-electron chi connectivity index (χ3n) is 1.36. The molecular weight excluding hydrogens is 128 g/mol. The minimum atomic E-state index is -0.0226. The molecule has 0 aromatic carbocycles. The second kappa shape index (κ2) is 2.25. The lowest BCUT2D eigenvalue weighted by Gasteiger charge is -1.98. The van der Waals surface area contributed by atoms with Crippen molar-refractivity contribution in [3.8, 4) is 0 Å². The summed E-state index contributed by atoms with van der Waals surface area (Å²) in [5.74, 6) is 0. The van der Waals surface area contributed by atoms with Crippen LogP contribution in [0, 0.1) is 13.8 Å². The summed E-state index contributed by atoms with van der Waals surface area (Å²) in [5, 5.41) is 3.94. The standard InChI is InChI=1S/C7H10N2O/c1-5-4-6(2)8-9(3)7(5)10/h4H,1-3H3. The van der Waals surface area contributed by atoms with Crippen LogP contribution >= 0.6 is 0 Å². The Morgan fingerprint density at radius 3 is 2.60 bits per heavy atom. The lowest BCUT2D eigenvalue weighted by Crippen LogP contribution is -2.22. The SMILES string of the molecule is Cc1cc(C)c(=O)n(C)n1. The summed E-state index contributed by atoms with van der Waals surface area (Å²) in [4.78, 5) is 11.0. The van der Waals surface area contributed by atoms with Crippen molar-refractivity contribution in [1.82, 2.24) is 9.78 Å². The Labute approximate surface area is 59.3 Å². The molecule has 10 heavy (non-hydrogen) atoms. The van der Waals surface area contributed by atoms with Gasteiger partial charge in [-0.15, -0.1) is 0 Å². The predicted molar refractivity (Wildman–Crippen MR) is 39.0 cm³/mol. The van der Waals surface area contributed by atoms with E-state index >= 15 is 0 Å². The average Bonchev–Trinajstić information content (AvgIpc) is 1.82. The third-order valence-corrected chi connectivity index (χ3v) is 1.36. The van der Waals surface area contributed by atoms with E-state index in [9.17, 15) is 4.79 Å². The largest absolute Gasteiger partial charge is 0.269 e. The Morgan fingerprint density at radius 1 is 1.50 bits per heavy atom. The van der Waals surface area contributed by atoms with Gasteiger partial charge in [0.1, 0.15) is 0 Å². The molecule has 3 nitrogen and oxygen atoms in total. The van der Waals surface area contributed by atoms with Gasteiger partial charge in [0, 0.05) is 12.6 Å². The molecule has 0 aliphatic carbocycles. The molecule has 54 valence electrons. The zero-order valence-corrected chi connectivity index (χ0v) is 6.38. The second-order valence-electron chi connectivity index (χ2n) is 2.40. The molecule has 0 saturated heterocycles. The molecule has 0 aliphatic heterocycles. The second-order valence-corrected chi connectivity index (χ2v) is 2.40. The van der Waals surface area contributed by atoms with Crippen LogP contribution in [-0.2, 0) is 7.05 Å². The lowest BCUT2D eigenvalue weighted by molar-refractivity contribution is 0.685. The first-order valence-electron chi connectivity index (χ1n) is 3.13. The molecule has 1 aromatic heterocycles. The summed E-state index contributed by atoms with van der Waals surface area (Å²) in [6.45, 7) is 3.66. The van der Waals surface area contributed by atoms with Gasteiger partial charge in [-0.1, -0.05) is 0 Å². The molecule has 0 N–H and O–H groups in total.